The molecule has 0 saturated heterocycles. The molecule has 0 unspecified atom stereocenters. The van der Waals surface area contributed by atoms with Crippen molar-refractivity contribution in [1.29, 1.82) is 0 Å². The van der Waals surface area contributed by atoms with Gasteiger partial charge in [0.15, 0.2) is 0 Å². The Kier molecular flexibility index (Phi) is 10.7. The molecular formula is C23H28BrN3O4S. The van der Waals surface area contributed by atoms with E-state index in [2.05, 4.69) is 28.2 Å². The summed E-state index contributed by atoms with van der Waals surface area (Å²) in [6, 6.07) is 13.4. The molecule has 0 fully saturated rings. The molecule has 9 heteroatoms. The van der Waals surface area contributed by atoms with Crippen LogP contribution in [-0.2, 0) is 21.9 Å². The Morgan fingerprint density at radius 1 is 1.12 bits per heavy atom. The molecule has 7 nitrogen and oxygen atoms in total. The average molecular weight is 522 g/mol. The number of halogens is 1. The minimum Gasteiger partial charge on any atom is -0.354 e. The maximum absolute atomic E-state index is 13.1. The van der Waals surface area contributed by atoms with Gasteiger partial charge in [0, 0.05) is 35.4 Å². The summed E-state index contributed by atoms with van der Waals surface area (Å²) in [4.78, 5) is 37.6. The summed E-state index contributed by atoms with van der Waals surface area (Å²) in [7, 11) is 0. The van der Waals surface area contributed by atoms with E-state index in [1.54, 1.807) is 24.0 Å². The van der Waals surface area contributed by atoms with Gasteiger partial charge in [-0.3, -0.25) is 19.7 Å². The SMILES string of the molecule is CCCCNC(=O)[C@@H](C)N(Cc1ccc(Br)cc1)C(=O)CSCc1ccc([N+](=O)[O-])cc1. The third-order valence-corrected chi connectivity index (χ3v) is 6.42. The van der Waals surface area contributed by atoms with Gasteiger partial charge < -0.3 is 10.2 Å². The lowest BCUT2D eigenvalue weighted by Crippen LogP contribution is -2.48. The highest BCUT2D eigenvalue weighted by Crippen LogP contribution is 2.19. The van der Waals surface area contributed by atoms with Gasteiger partial charge in [-0.05, 0) is 36.6 Å². The maximum Gasteiger partial charge on any atom is 0.269 e. The molecule has 1 atom stereocenters. The lowest BCUT2D eigenvalue weighted by Gasteiger charge is -2.29. The number of non-ortho nitro benzene ring substituents is 1. The zero-order valence-corrected chi connectivity index (χ0v) is 20.7. The number of nitrogens with one attached hydrogen (secondary N) is 1. The molecular weight excluding hydrogens is 494 g/mol. The second-order valence-corrected chi connectivity index (χ2v) is 9.29. The van der Waals surface area contributed by atoms with Crippen molar-refractivity contribution >= 4 is 45.2 Å². The topological polar surface area (TPSA) is 92.6 Å². The van der Waals surface area contributed by atoms with E-state index in [0.717, 1.165) is 28.4 Å². The van der Waals surface area contributed by atoms with Crippen LogP contribution in [-0.4, -0.2) is 40.0 Å². The highest BCUT2D eigenvalue weighted by atomic mass is 79.9. The molecule has 172 valence electrons. The standard InChI is InChI=1S/C23H28BrN3O4S/c1-3-4-13-25-23(29)17(2)26(14-18-5-9-20(24)10-6-18)22(28)16-32-15-19-7-11-21(12-8-19)27(30)31/h5-12,17H,3-4,13-16H2,1-2H3,(H,25,29)/t17-/m1/s1. The summed E-state index contributed by atoms with van der Waals surface area (Å²) in [5, 5.41) is 13.7. The second-order valence-electron chi connectivity index (χ2n) is 7.39. The second kappa shape index (κ2) is 13.2. The molecule has 32 heavy (non-hydrogen) atoms. The minimum atomic E-state index is -0.594. The quantitative estimate of drug-likeness (QED) is 0.243. The lowest BCUT2D eigenvalue weighted by atomic mass is 10.1. The third kappa shape index (κ3) is 8.27. The molecule has 2 aromatic carbocycles. The number of thioether (sulfide) groups is 1. The van der Waals surface area contributed by atoms with Crippen LogP contribution in [0.15, 0.2) is 53.0 Å². The summed E-state index contributed by atoms with van der Waals surface area (Å²) in [6.45, 7) is 4.74. The largest absolute Gasteiger partial charge is 0.354 e. The highest BCUT2D eigenvalue weighted by molar-refractivity contribution is 9.10. The van der Waals surface area contributed by atoms with Crippen LogP contribution < -0.4 is 5.32 Å². The van der Waals surface area contributed by atoms with Crippen molar-refractivity contribution < 1.29 is 14.5 Å². The lowest BCUT2D eigenvalue weighted by molar-refractivity contribution is -0.384. The molecule has 0 aliphatic heterocycles. The summed E-state index contributed by atoms with van der Waals surface area (Å²) < 4.78 is 0.947. The van der Waals surface area contributed by atoms with Crippen LogP contribution in [0.25, 0.3) is 0 Å². The maximum atomic E-state index is 13.1. The fraction of sp³-hybridized carbons (Fsp3) is 0.391. The molecule has 0 radical (unpaired) electrons. The van der Waals surface area contributed by atoms with Crippen LogP contribution in [0, 0.1) is 10.1 Å². The van der Waals surface area contributed by atoms with Crippen molar-refractivity contribution in [2.75, 3.05) is 12.3 Å². The number of nitrogens with zero attached hydrogens (tertiary/aromatic N) is 2. The number of carbonyl (C=O) groups excluding carboxylic acids is 2. The molecule has 0 aliphatic carbocycles. The summed E-state index contributed by atoms with van der Waals surface area (Å²) >= 11 is 4.83. The van der Waals surface area contributed by atoms with Crippen molar-refractivity contribution in [3.63, 3.8) is 0 Å². The number of hydrogen-bond acceptors (Lipinski definition) is 5. The Morgan fingerprint density at radius 3 is 2.34 bits per heavy atom. The predicted octanol–water partition coefficient (Wildman–Crippen LogP) is 4.92. The average Bonchev–Trinajstić information content (AvgIpc) is 2.78. The number of nitro benzene ring substituents is 1. The Balaban J connectivity index is 2.02. The predicted molar refractivity (Wildman–Crippen MR) is 131 cm³/mol. The smallest absolute Gasteiger partial charge is 0.269 e. The molecule has 2 rings (SSSR count). The number of benzene rings is 2. The van der Waals surface area contributed by atoms with Crippen LogP contribution in [0.3, 0.4) is 0 Å². The van der Waals surface area contributed by atoms with Gasteiger partial charge >= 0.3 is 0 Å². The first-order valence-electron chi connectivity index (χ1n) is 10.4. The van der Waals surface area contributed by atoms with Crippen LogP contribution in [0.1, 0.15) is 37.8 Å². The van der Waals surface area contributed by atoms with E-state index < -0.39 is 11.0 Å². The first kappa shape index (κ1) is 25.9. The third-order valence-electron chi connectivity index (χ3n) is 4.90. The van der Waals surface area contributed by atoms with Gasteiger partial charge in [-0.2, -0.15) is 0 Å². The van der Waals surface area contributed by atoms with Gasteiger partial charge in [0.1, 0.15) is 6.04 Å². The number of rotatable bonds is 12. The van der Waals surface area contributed by atoms with Crippen molar-refractivity contribution in [1.82, 2.24) is 10.2 Å². The first-order chi connectivity index (χ1) is 15.3. The summed E-state index contributed by atoms with van der Waals surface area (Å²) in [5.74, 6) is 0.467. The number of hydrogen-bond donors (Lipinski definition) is 1. The van der Waals surface area contributed by atoms with E-state index in [0.29, 0.717) is 18.8 Å². The molecule has 0 bridgehead atoms. The summed E-state index contributed by atoms with van der Waals surface area (Å²) in [6.07, 6.45) is 1.87. The molecule has 0 heterocycles. The van der Waals surface area contributed by atoms with Gasteiger partial charge in [0.2, 0.25) is 11.8 Å². The van der Waals surface area contributed by atoms with Crippen LogP contribution in [0.2, 0.25) is 0 Å². The number of amides is 2. The van der Waals surface area contributed by atoms with E-state index in [1.165, 1.54) is 23.9 Å². The fourth-order valence-electron chi connectivity index (χ4n) is 2.96. The van der Waals surface area contributed by atoms with Crippen molar-refractivity contribution in [3.05, 3.63) is 74.2 Å². The normalized spacial score (nSPS) is 11.6. The molecule has 0 spiro atoms. The molecule has 0 aliphatic rings. The van der Waals surface area contributed by atoms with Crippen molar-refractivity contribution in [2.24, 2.45) is 0 Å². The van der Waals surface area contributed by atoms with Gasteiger partial charge in [-0.1, -0.05) is 53.5 Å². The van der Waals surface area contributed by atoms with Crippen molar-refractivity contribution in [3.8, 4) is 0 Å². The van der Waals surface area contributed by atoms with Crippen molar-refractivity contribution in [2.45, 2.75) is 45.0 Å². The summed E-state index contributed by atoms with van der Waals surface area (Å²) in [5.41, 5.74) is 1.88. The monoisotopic (exact) mass is 521 g/mol. The Labute approximate surface area is 201 Å². The van der Waals surface area contributed by atoms with Crippen LogP contribution in [0.5, 0.6) is 0 Å². The number of nitro groups is 1. The van der Waals surface area contributed by atoms with Gasteiger partial charge in [-0.15, -0.1) is 11.8 Å². The highest BCUT2D eigenvalue weighted by Gasteiger charge is 2.25. The van der Waals surface area contributed by atoms with Crippen LogP contribution in [0.4, 0.5) is 5.69 Å². The Bertz CT molecular complexity index is 906. The van der Waals surface area contributed by atoms with Gasteiger partial charge in [0.25, 0.3) is 5.69 Å². The molecule has 2 amide bonds. The molecule has 2 aromatic rings. The van der Waals surface area contributed by atoms with E-state index in [9.17, 15) is 19.7 Å². The van der Waals surface area contributed by atoms with Gasteiger partial charge in [0.05, 0.1) is 10.7 Å². The minimum absolute atomic E-state index is 0.0402. The van der Waals surface area contributed by atoms with E-state index in [4.69, 9.17) is 0 Å². The molecule has 0 saturated carbocycles. The van der Waals surface area contributed by atoms with E-state index in [-0.39, 0.29) is 23.3 Å². The number of unbranched alkanes of at least 4 members (excludes halogenated alkanes) is 1. The van der Waals surface area contributed by atoms with Crippen LogP contribution >= 0.6 is 27.7 Å². The van der Waals surface area contributed by atoms with E-state index >= 15 is 0 Å². The molecule has 1 N–H and O–H groups in total. The zero-order chi connectivity index (χ0) is 23.5. The van der Waals surface area contributed by atoms with E-state index in [1.807, 2.05) is 24.3 Å². The molecule has 0 aromatic heterocycles. The number of carbonyl (C=O) groups is 2. The van der Waals surface area contributed by atoms with Gasteiger partial charge in [-0.25, -0.2) is 0 Å². The fourth-order valence-corrected chi connectivity index (χ4v) is 4.09. The Hall–Kier alpha value is -2.39. The first-order valence-corrected chi connectivity index (χ1v) is 12.4. The Morgan fingerprint density at radius 2 is 1.75 bits per heavy atom. The zero-order valence-electron chi connectivity index (χ0n) is 18.3.